The van der Waals surface area contributed by atoms with Crippen molar-refractivity contribution in [2.75, 3.05) is 6.61 Å². The molecular formula is C11H18ClN3O. The van der Waals surface area contributed by atoms with E-state index in [9.17, 15) is 0 Å². The van der Waals surface area contributed by atoms with Crippen LogP contribution in [-0.2, 0) is 17.2 Å². The highest BCUT2D eigenvalue weighted by molar-refractivity contribution is 6.16. The number of hydrogen-bond acceptors (Lipinski definition) is 3. The highest BCUT2D eigenvalue weighted by atomic mass is 35.5. The second-order valence-corrected chi connectivity index (χ2v) is 4.58. The third-order valence-electron chi connectivity index (χ3n) is 3.06. The van der Waals surface area contributed by atoms with Crippen LogP contribution in [-0.4, -0.2) is 21.4 Å². The molecule has 1 aliphatic rings. The molecule has 2 unspecified atom stereocenters. The molecule has 0 spiro atoms. The number of nitrogens with zero attached hydrogens (tertiary/aromatic N) is 3. The molecule has 1 aliphatic heterocycles. The van der Waals surface area contributed by atoms with Crippen LogP contribution in [0.1, 0.15) is 44.4 Å². The summed E-state index contributed by atoms with van der Waals surface area (Å²) in [6.07, 6.45) is 2.24. The molecule has 1 aromatic heterocycles. The van der Waals surface area contributed by atoms with Gasteiger partial charge in [-0.2, -0.15) is 0 Å². The van der Waals surface area contributed by atoms with E-state index in [0.717, 1.165) is 37.6 Å². The Morgan fingerprint density at radius 1 is 1.50 bits per heavy atom. The van der Waals surface area contributed by atoms with E-state index in [0.29, 0.717) is 11.8 Å². The van der Waals surface area contributed by atoms with E-state index in [4.69, 9.17) is 16.3 Å². The van der Waals surface area contributed by atoms with Gasteiger partial charge in [0.1, 0.15) is 11.9 Å². The van der Waals surface area contributed by atoms with Gasteiger partial charge in [0.05, 0.1) is 5.88 Å². The maximum absolute atomic E-state index is 5.86. The molecule has 2 atom stereocenters. The molecule has 1 aromatic rings. The highest BCUT2D eigenvalue weighted by Gasteiger charge is 2.30. The van der Waals surface area contributed by atoms with Crippen LogP contribution < -0.4 is 0 Å². The predicted molar refractivity (Wildman–Crippen MR) is 62.3 cm³/mol. The van der Waals surface area contributed by atoms with Crippen LogP contribution in [0.25, 0.3) is 0 Å². The molecule has 0 saturated carbocycles. The molecular weight excluding hydrogens is 226 g/mol. The van der Waals surface area contributed by atoms with Crippen LogP contribution in [0.2, 0.25) is 0 Å². The first-order valence-electron chi connectivity index (χ1n) is 5.87. The summed E-state index contributed by atoms with van der Waals surface area (Å²) in [6, 6.07) is 0. The summed E-state index contributed by atoms with van der Waals surface area (Å²) in [6.45, 7) is 6.07. The quantitative estimate of drug-likeness (QED) is 0.763. The number of halogens is 1. The number of rotatable bonds is 4. The van der Waals surface area contributed by atoms with Crippen molar-refractivity contribution < 1.29 is 4.74 Å². The van der Waals surface area contributed by atoms with Crippen molar-refractivity contribution in [2.24, 2.45) is 5.92 Å². The smallest absolute Gasteiger partial charge is 0.162 e. The van der Waals surface area contributed by atoms with Crippen molar-refractivity contribution in [3.05, 3.63) is 11.6 Å². The lowest BCUT2D eigenvalue weighted by atomic mass is 10.0. The molecule has 5 heteroatoms. The van der Waals surface area contributed by atoms with Crippen molar-refractivity contribution in [1.29, 1.82) is 0 Å². The number of alkyl halides is 1. The summed E-state index contributed by atoms with van der Waals surface area (Å²) < 4.78 is 7.84. The molecule has 1 saturated heterocycles. The average Bonchev–Trinajstić information content (AvgIpc) is 2.85. The van der Waals surface area contributed by atoms with E-state index in [1.54, 1.807) is 0 Å². The lowest BCUT2D eigenvalue weighted by Gasteiger charge is -2.15. The lowest BCUT2D eigenvalue weighted by molar-refractivity contribution is 0.0837. The third kappa shape index (κ3) is 2.09. The summed E-state index contributed by atoms with van der Waals surface area (Å²) in [7, 11) is 0. The fourth-order valence-corrected chi connectivity index (χ4v) is 2.35. The first kappa shape index (κ1) is 11.9. The molecule has 16 heavy (non-hydrogen) atoms. The van der Waals surface area contributed by atoms with Crippen molar-refractivity contribution in [1.82, 2.24) is 14.8 Å². The molecule has 0 aliphatic carbocycles. The van der Waals surface area contributed by atoms with E-state index in [1.807, 2.05) is 0 Å². The van der Waals surface area contributed by atoms with Gasteiger partial charge in [-0.05, 0) is 18.8 Å². The van der Waals surface area contributed by atoms with Gasteiger partial charge in [-0.1, -0.05) is 13.8 Å². The Labute approximate surface area is 101 Å². The van der Waals surface area contributed by atoms with Crippen LogP contribution >= 0.6 is 11.6 Å². The van der Waals surface area contributed by atoms with E-state index < -0.39 is 0 Å². The molecule has 0 bridgehead atoms. The minimum Gasteiger partial charge on any atom is -0.370 e. The molecule has 0 N–H and O–H groups in total. The topological polar surface area (TPSA) is 39.9 Å². The second-order valence-electron chi connectivity index (χ2n) is 4.32. The van der Waals surface area contributed by atoms with E-state index in [2.05, 4.69) is 28.6 Å². The Bertz CT molecular complexity index is 353. The monoisotopic (exact) mass is 243 g/mol. The molecule has 2 heterocycles. The molecule has 0 aromatic carbocycles. The van der Waals surface area contributed by atoms with Gasteiger partial charge >= 0.3 is 0 Å². The van der Waals surface area contributed by atoms with Gasteiger partial charge < -0.3 is 9.30 Å². The predicted octanol–water partition coefficient (Wildman–Crippen LogP) is 2.52. The average molecular weight is 244 g/mol. The lowest BCUT2D eigenvalue weighted by Crippen LogP contribution is -2.14. The van der Waals surface area contributed by atoms with Crippen LogP contribution in [0, 0.1) is 5.92 Å². The summed E-state index contributed by atoms with van der Waals surface area (Å²) in [5.41, 5.74) is 0. The van der Waals surface area contributed by atoms with Crippen molar-refractivity contribution >= 4 is 11.6 Å². The minimum absolute atomic E-state index is 0.0935. The summed E-state index contributed by atoms with van der Waals surface area (Å²) in [4.78, 5) is 0. The Kier molecular flexibility index (Phi) is 3.82. The van der Waals surface area contributed by atoms with E-state index in [-0.39, 0.29) is 6.10 Å². The van der Waals surface area contributed by atoms with Crippen LogP contribution in [0.5, 0.6) is 0 Å². The molecule has 4 nitrogen and oxygen atoms in total. The molecule has 90 valence electrons. The van der Waals surface area contributed by atoms with Gasteiger partial charge in [0, 0.05) is 13.2 Å². The summed E-state index contributed by atoms with van der Waals surface area (Å²) >= 11 is 5.86. The maximum Gasteiger partial charge on any atom is 0.162 e. The normalized spacial score (nSPS) is 25.2. The molecule has 0 amide bonds. The fraction of sp³-hybridized carbons (Fsp3) is 0.818. The van der Waals surface area contributed by atoms with Crippen molar-refractivity contribution in [2.45, 2.75) is 45.2 Å². The van der Waals surface area contributed by atoms with Gasteiger partial charge in [0.15, 0.2) is 5.82 Å². The Hall–Kier alpha value is -0.610. The zero-order valence-electron chi connectivity index (χ0n) is 9.82. The largest absolute Gasteiger partial charge is 0.370 e. The van der Waals surface area contributed by atoms with Gasteiger partial charge in [0.25, 0.3) is 0 Å². The molecule has 2 rings (SSSR count). The van der Waals surface area contributed by atoms with Crippen molar-refractivity contribution in [3.63, 3.8) is 0 Å². The first-order chi connectivity index (χ1) is 7.77. The SMILES string of the molecule is CCCn1c(CCl)nnc1C1OCCC1C. The highest BCUT2D eigenvalue weighted by Crippen LogP contribution is 2.33. The fourth-order valence-electron chi connectivity index (χ4n) is 2.15. The van der Waals surface area contributed by atoms with Crippen molar-refractivity contribution in [3.8, 4) is 0 Å². The zero-order valence-corrected chi connectivity index (χ0v) is 10.6. The standard InChI is InChI=1S/C11H18ClN3O/c1-3-5-15-9(7-12)13-14-11(15)10-8(2)4-6-16-10/h8,10H,3-7H2,1-2H3. The minimum atomic E-state index is 0.0935. The van der Waals surface area contributed by atoms with Crippen LogP contribution in [0.15, 0.2) is 0 Å². The summed E-state index contributed by atoms with van der Waals surface area (Å²) in [5.74, 6) is 2.72. The van der Waals surface area contributed by atoms with Gasteiger partial charge in [-0.25, -0.2) is 0 Å². The van der Waals surface area contributed by atoms with Gasteiger partial charge in [-0.15, -0.1) is 21.8 Å². The Morgan fingerprint density at radius 3 is 2.88 bits per heavy atom. The van der Waals surface area contributed by atoms with E-state index in [1.165, 1.54) is 0 Å². The summed E-state index contributed by atoms with van der Waals surface area (Å²) in [5, 5.41) is 8.37. The zero-order chi connectivity index (χ0) is 11.5. The van der Waals surface area contributed by atoms with Crippen LogP contribution in [0.3, 0.4) is 0 Å². The molecule has 0 radical (unpaired) electrons. The third-order valence-corrected chi connectivity index (χ3v) is 3.30. The molecule has 1 fully saturated rings. The number of aromatic nitrogens is 3. The van der Waals surface area contributed by atoms with Gasteiger partial charge in [0.2, 0.25) is 0 Å². The van der Waals surface area contributed by atoms with Gasteiger partial charge in [-0.3, -0.25) is 0 Å². The number of hydrogen-bond donors (Lipinski definition) is 0. The first-order valence-corrected chi connectivity index (χ1v) is 6.41. The Balaban J connectivity index is 2.28. The maximum atomic E-state index is 5.86. The van der Waals surface area contributed by atoms with Crippen LogP contribution in [0.4, 0.5) is 0 Å². The van der Waals surface area contributed by atoms with E-state index >= 15 is 0 Å². The second kappa shape index (κ2) is 5.15. The number of ether oxygens (including phenoxy) is 1. The Morgan fingerprint density at radius 2 is 2.31 bits per heavy atom.